The van der Waals surface area contributed by atoms with E-state index in [0.717, 1.165) is 17.7 Å². The molecule has 0 aromatic heterocycles. The molecular formula is C18H18FNOS. The maximum atomic E-state index is 13.7. The quantitative estimate of drug-likeness (QED) is 0.793. The Morgan fingerprint density at radius 1 is 1.18 bits per heavy atom. The average molecular weight is 315 g/mol. The fourth-order valence-corrected chi connectivity index (χ4v) is 3.61. The van der Waals surface area contributed by atoms with Crippen LogP contribution in [0.1, 0.15) is 17.5 Å². The van der Waals surface area contributed by atoms with E-state index in [0.29, 0.717) is 11.4 Å². The molecule has 0 bridgehead atoms. The van der Waals surface area contributed by atoms with Gasteiger partial charge in [0.05, 0.1) is 11.4 Å². The highest BCUT2D eigenvalue weighted by molar-refractivity contribution is 8.00. The zero-order valence-corrected chi connectivity index (χ0v) is 13.3. The van der Waals surface area contributed by atoms with Gasteiger partial charge in [0.15, 0.2) is 0 Å². The molecule has 1 amide bonds. The number of rotatable bonds is 4. The highest BCUT2D eigenvalue weighted by Crippen LogP contribution is 2.28. The van der Waals surface area contributed by atoms with Gasteiger partial charge in [0.25, 0.3) is 0 Å². The maximum Gasteiger partial charge on any atom is 0.237 e. The van der Waals surface area contributed by atoms with E-state index in [1.54, 1.807) is 25.2 Å². The second-order valence-corrected chi connectivity index (χ2v) is 6.53. The molecule has 0 fully saturated rings. The fourth-order valence-electron chi connectivity index (χ4n) is 2.74. The van der Waals surface area contributed by atoms with Crippen molar-refractivity contribution in [3.63, 3.8) is 0 Å². The van der Waals surface area contributed by atoms with Crippen LogP contribution in [0.2, 0.25) is 0 Å². The number of carbonyl (C=O) groups is 1. The SMILES string of the molecule is CN(C(=O)CSc1ccc2c(c1)CCC2)c1ccccc1F. The fraction of sp³-hybridized carbons (Fsp3) is 0.278. The molecule has 1 aliphatic rings. The van der Waals surface area contributed by atoms with Crippen molar-refractivity contribution < 1.29 is 9.18 Å². The number of amides is 1. The van der Waals surface area contributed by atoms with Gasteiger partial charge in [-0.1, -0.05) is 18.2 Å². The number of aryl methyl sites for hydroxylation is 2. The van der Waals surface area contributed by atoms with E-state index in [4.69, 9.17) is 0 Å². The van der Waals surface area contributed by atoms with Gasteiger partial charge in [-0.25, -0.2) is 4.39 Å². The van der Waals surface area contributed by atoms with Gasteiger partial charge in [0.2, 0.25) is 5.91 Å². The molecule has 0 heterocycles. The highest BCUT2D eigenvalue weighted by atomic mass is 32.2. The molecule has 0 N–H and O–H groups in total. The summed E-state index contributed by atoms with van der Waals surface area (Å²) in [7, 11) is 1.62. The summed E-state index contributed by atoms with van der Waals surface area (Å²) in [6, 6.07) is 12.8. The van der Waals surface area contributed by atoms with Crippen molar-refractivity contribution in [1.82, 2.24) is 0 Å². The third kappa shape index (κ3) is 3.17. The molecule has 2 nitrogen and oxygen atoms in total. The Labute approximate surface area is 134 Å². The van der Waals surface area contributed by atoms with Crippen LogP contribution in [0, 0.1) is 5.82 Å². The molecule has 0 aliphatic heterocycles. The molecule has 1 aliphatic carbocycles. The first-order valence-electron chi connectivity index (χ1n) is 7.41. The second kappa shape index (κ2) is 6.53. The number of nitrogens with zero attached hydrogens (tertiary/aromatic N) is 1. The van der Waals surface area contributed by atoms with E-state index in [1.807, 2.05) is 0 Å². The Bertz CT molecular complexity index is 701. The van der Waals surface area contributed by atoms with Crippen LogP contribution < -0.4 is 4.90 Å². The number of para-hydroxylation sites is 1. The van der Waals surface area contributed by atoms with Gasteiger partial charge in [-0.2, -0.15) is 0 Å². The lowest BCUT2D eigenvalue weighted by Gasteiger charge is -2.17. The number of anilines is 1. The van der Waals surface area contributed by atoms with Crippen molar-refractivity contribution in [2.24, 2.45) is 0 Å². The first kappa shape index (κ1) is 15.1. The zero-order valence-electron chi connectivity index (χ0n) is 12.5. The number of hydrogen-bond acceptors (Lipinski definition) is 2. The van der Waals surface area contributed by atoms with Crippen molar-refractivity contribution in [3.8, 4) is 0 Å². The zero-order chi connectivity index (χ0) is 15.5. The first-order chi connectivity index (χ1) is 10.6. The monoisotopic (exact) mass is 315 g/mol. The molecule has 0 atom stereocenters. The van der Waals surface area contributed by atoms with Gasteiger partial charge in [-0.3, -0.25) is 4.79 Å². The normalized spacial score (nSPS) is 13.0. The Balaban J connectivity index is 1.64. The van der Waals surface area contributed by atoms with Gasteiger partial charge in [-0.15, -0.1) is 11.8 Å². The van der Waals surface area contributed by atoms with E-state index >= 15 is 0 Å². The van der Waals surface area contributed by atoms with Crippen LogP contribution in [0.4, 0.5) is 10.1 Å². The molecule has 4 heteroatoms. The molecule has 0 saturated carbocycles. The molecular weight excluding hydrogens is 297 g/mol. The summed E-state index contributed by atoms with van der Waals surface area (Å²) < 4.78 is 13.7. The van der Waals surface area contributed by atoms with Gasteiger partial charge in [-0.05, 0) is 54.7 Å². The highest BCUT2D eigenvalue weighted by Gasteiger charge is 2.16. The predicted molar refractivity (Wildman–Crippen MR) is 89.0 cm³/mol. The Morgan fingerprint density at radius 2 is 1.95 bits per heavy atom. The van der Waals surface area contributed by atoms with Gasteiger partial charge in [0, 0.05) is 11.9 Å². The van der Waals surface area contributed by atoms with Crippen molar-refractivity contribution >= 4 is 23.4 Å². The van der Waals surface area contributed by atoms with Crippen molar-refractivity contribution in [3.05, 3.63) is 59.4 Å². The van der Waals surface area contributed by atoms with Gasteiger partial charge in [0.1, 0.15) is 5.82 Å². The maximum absolute atomic E-state index is 13.7. The smallest absolute Gasteiger partial charge is 0.237 e. The van der Waals surface area contributed by atoms with Crippen LogP contribution in [0.25, 0.3) is 0 Å². The molecule has 2 aromatic carbocycles. The molecule has 3 rings (SSSR count). The molecule has 0 radical (unpaired) electrons. The third-order valence-corrected chi connectivity index (χ3v) is 5.00. The molecule has 0 unspecified atom stereocenters. The van der Waals surface area contributed by atoms with Crippen LogP contribution in [0.3, 0.4) is 0 Å². The van der Waals surface area contributed by atoms with Crippen molar-refractivity contribution in [2.45, 2.75) is 24.2 Å². The third-order valence-electron chi connectivity index (χ3n) is 4.02. The number of fused-ring (bicyclic) bond motifs is 1. The predicted octanol–water partition coefficient (Wildman–Crippen LogP) is 4.07. The summed E-state index contributed by atoms with van der Waals surface area (Å²) in [6.45, 7) is 0. The molecule has 2 aromatic rings. The Hall–Kier alpha value is -1.81. The van der Waals surface area contributed by atoms with Gasteiger partial charge < -0.3 is 4.90 Å². The summed E-state index contributed by atoms with van der Waals surface area (Å²) in [4.78, 5) is 14.7. The van der Waals surface area contributed by atoms with Crippen molar-refractivity contribution in [2.75, 3.05) is 17.7 Å². The first-order valence-corrected chi connectivity index (χ1v) is 8.39. The number of halogens is 1. The molecule has 0 saturated heterocycles. The molecule has 22 heavy (non-hydrogen) atoms. The van der Waals surface area contributed by atoms with Crippen LogP contribution >= 0.6 is 11.8 Å². The van der Waals surface area contributed by atoms with Crippen LogP contribution in [-0.2, 0) is 17.6 Å². The van der Waals surface area contributed by atoms with Crippen LogP contribution in [0.15, 0.2) is 47.4 Å². The minimum atomic E-state index is -0.374. The number of benzene rings is 2. The van der Waals surface area contributed by atoms with E-state index in [2.05, 4.69) is 18.2 Å². The Morgan fingerprint density at radius 3 is 2.77 bits per heavy atom. The number of carbonyl (C=O) groups excluding carboxylic acids is 1. The molecule has 114 valence electrons. The summed E-state index contributed by atoms with van der Waals surface area (Å²) in [5.74, 6) is -0.166. The Kier molecular flexibility index (Phi) is 4.48. The summed E-state index contributed by atoms with van der Waals surface area (Å²) >= 11 is 1.51. The van der Waals surface area contributed by atoms with Gasteiger partial charge >= 0.3 is 0 Å². The van der Waals surface area contributed by atoms with Crippen LogP contribution in [-0.4, -0.2) is 18.7 Å². The lowest BCUT2D eigenvalue weighted by atomic mass is 10.1. The van der Waals surface area contributed by atoms with E-state index in [9.17, 15) is 9.18 Å². The second-order valence-electron chi connectivity index (χ2n) is 5.48. The lowest BCUT2D eigenvalue weighted by molar-refractivity contribution is -0.115. The molecule has 0 spiro atoms. The number of thioether (sulfide) groups is 1. The summed E-state index contributed by atoms with van der Waals surface area (Å²) in [5.41, 5.74) is 3.15. The van der Waals surface area contributed by atoms with Crippen LogP contribution in [0.5, 0.6) is 0 Å². The van der Waals surface area contributed by atoms with E-state index in [1.165, 1.54) is 40.3 Å². The topological polar surface area (TPSA) is 20.3 Å². The van der Waals surface area contributed by atoms with E-state index < -0.39 is 0 Å². The average Bonchev–Trinajstić information content (AvgIpc) is 3.00. The largest absolute Gasteiger partial charge is 0.312 e. The summed E-state index contributed by atoms with van der Waals surface area (Å²) in [6.07, 6.45) is 3.51. The minimum absolute atomic E-state index is 0.101. The lowest BCUT2D eigenvalue weighted by Crippen LogP contribution is -2.28. The van der Waals surface area contributed by atoms with Crippen molar-refractivity contribution in [1.29, 1.82) is 0 Å². The number of hydrogen-bond donors (Lipinski definition) is 0. The minimum Gasteiger partial charge on any atom is -0.312 e. The standard InChI is InChI=1S/C18H18FNOS/c1-20(17-8-3-2-7-16(17)19)18(21)12-22-15-10-9-13-5-4-6-14(13)11-15/h2-3,7-11H,4-6,12H2,1H3. The summed E-state index contributed by atoms with van der Waals surface area (Å²) in [5, 5.41) is 0. The van der Waals surface area contributed by atoms with E-state index in [-0.39, 0.29) is 11.7 Å².